The van der Waals surface area contributed by atoms with Crippen molar-refractivity contribution in [2.24, 2.45) is 5.10 Å². The molecule has 0 spiro atoms. The maximum atomic E-state index is 12.9. The summed E-state index contributed by atoms with van der Waals surface area (Å²) in [5.41, 5.74) is 11.0. The first-order valence-electron chi connectivity index (χ1n) is 9.65. The highest BCUT2D eigenvalue weighted by Crippen LogP contribution is 2.26. The standard InChI is InChI=1S/C21H20N8O3/c1-13-8-10-15(11-9-13)18-17(24-28-29(18)20-19(22)26-32-27-20)21(30)25-23-14(2)12-31-16-6-4-3-5-7-16/h3-11H,12H2,1-2H3,(H2,22,26)(H,25,30). The number of para-hydroxylation sites is 1. The highest BCUT2D eigenvalue weighted by atomic mass is 16.6. The molecular weight excluding hydrogens is 412 g/mol. The third-order valence-electron chi connectivity index (χ3n) is 4.45. The van der Waals surface area contributed by atoms with Gasteiger partial charge in [-0.05, 0) is 36.3 Å². The van der Waals surface area contributed by atoms with Crippen LogP contribution in [0.25, 0.3) is 17.1 Å². The minimum absolute atomic E-state index is 0.0159. The first-order valence-corrected chi connectivity index (χ1v) is 9.65. The molecule has 0 unspecified atom stereocenters. The van der Waals surface area contributed by atoms with Gasteiger partial charge in [0.15, 0.2) is 5.69 Å². The zero-order chi connectivity index (χ0) is 22.5. The van der Waals surface area contributed by atoms with E-state index in [0.717, 1.165) is 5.56 Å². The van der Waals surface area contributed by atoms with Gasteiger partial charge in [-0.25, -0.2) is 10.1 Å². The summed E-state index contributed by atoms with van der Waals surface area (Å²) >= 11 is 0. The predicted octanol–water partition coefficient (Wildman–Crippen LogP) is 2.39. The van der Waals surface area contributed by atoms with Gasteiger partial charge in [-0.1, -0.05) is 53.2 Å². The fourth-order valence-electron chi connectivity index (χ4n) is 2.83. The molecular formula is C21H20N8O3. The van der Waals surface area contributed by atoms with Crippen molar-refractivity contribution in [3.63, 3.8) is 0 Å². The maximum Gasteiger partial charge on any atom is 0.294 e. The zero-order valence-corrected chi connectivity index (χ0v) is 17.4. The van der Waals surface area contributed by atoms with Gasteiger partial charge in [0.1, 0.15) is 18.1 Å². The second-order valence-electron chi connectivity index (χ2n) is 6.93. The Morgan fingerprint density at radius 3 is 2.59 bits per heavy atom. The van der Waals surface area contributed by atoms with Crippen molar-refractivity contribution >= 4 is 17.4 Å². The lowest BCUT2D eigenvalue weighted by Crippen LogP contribution is -2.22. The van der Waals surface area contributed by atoms with E-state index in [-0.39, 0.29) is 23.9 Å². The number of ether oxygens (including phenoxy) is 1. The van der Waals surface area contributed by atoms with Gasteiger partial charge in [-0.3, -0.25) is 4.79 Å². The van der Waals surface area contributed by atoms with Gasteiger partial charge in [0, 0.05) is 5.56 Å². The van der Waals surface area contributed by atoms with Gasteiger partial charge in [0.05, 0.1) is 5.71 Å². The topological polar surface area (TPSA) is 146 Å². The summed E-state index contributed by atoms with van der Waals surface area (Å²) in [4.78, 5) is 12.9. The quantitative estimate of drug-likeness (QED) is 0.334. The number of hydrogen-bond acceptors (Lipinski definition) is 9. The summed E-state index contributed by atoms with van der Waals surface area (Å²) in [5, 5.41) is 19.5. The van der Waals surface area contributed by atoms with Crippen LogP contribution in [-0.2, 0) is 0 Å². The highest BCUT2D eigenvalue weighted by Gasteiger charge is 2.25. The van der Waals surface area contributed by atoms with Crippen LogP contribution in [0.5, 0.6) is 5.75 Å². The molecule has 0 aliphatic rings. The monoisotopic (exact) mass is 432 g/mol. The molecule has 2 aromatic heterocycles. The van der Waals surface area contributed by atoms with Crippen molar-refractivity contribution in [3.8, 4) is 22.8 Å². The van der Waals surface area contributed by atoms with Crippen LogP contribution in [0, 0.1) is 6.92 Å². The summed E-state index contributed by atoms with van der Waals surface area (Å²) in [6.45, 7) is 3.91. The molecule has 162 valence electrons. The molecule has 0 aliphatic carbocycles. The van der Waals surface area contributed by atoms with Crippen molar-refractivity contribution in [2.75, 3.05) is 12.3 Å². The van der Waals surface area contributed by atoms with Crippen molar-refractivity contribution < 1.29 is 14.2 Å². The number of nitrogen functional groups attached to an aromatic ring is 1. The van der Waals surface area contributed by atoms with Gasteiger partial charge in [-0.2, -0.15) is 9.78 Å². The number of benzene rings is 2. The minimum Gasteiger partial charge on any atom is -0.488 e. The van der Waals surface area contributed by atoms with Crippen molar-refractivity contribution in [1.29, 1.82) is 0 Å². The third kappa shape index (κ3) is 4.46. The number of hydrazone groups is 1. The number of anilines is 1. The van der Waals surface area contributed by atoms with Crippen LogP contribution in [-0.4, -0.2) is 43.5 Å². The first-order chi connectivity index (χ1) is 15.5. The smallest absolute Gasteiger partial charge is 0.294 e. The summed E-state index contributed by atoms with van der Waals surface area (Å²) < 4.78 is 11.6. The van der Waals surface area contributed by atoms with E-state index in [9.17, 15) is 4.79 Å². The lowest BCUT2D eigenvalue weighted by Gasteiger charge is -2.07. The fourth-order valence-corrected chi connectivity index (χ4v) is 2.83. The normalized spacial score (nSPS) is 11.4. The van der Waals surface area contributed by atoms with Crippen LogP contribution in [0.2, 0.25) is 0 Å². The number of carbonyl (C=O) groups excluding carboxylic acids is 1. The van der Waals surface area contributed by atoms with E-state index in [1.54, 1.807) is 6.92 Å². The Morgan fingerprint density at radius 1 is 1.16 bits per heavy atom. The molecule has 0 atom stereocenters. The molecule has 3 N–H and O–H groups in total. The van der Waals surface area contributed by atoms with Gasteiger partial charge in [0.2, 0.25) is 11.6 Å². The second kappa shape index (κ2) is 9.08. The van der Waals surface area contributed by atoms with Gasteiger partial charge in [0.25, 0.3) is 5.91 Å². The van der Waals surface area contributed by atoms with Crippen LogP contribution >= 0.6 is 0 Å². The summed E-state index contributed by atoms with van der Waals surface area (Å²) in [6.07, 6.45) is 0. The number of carbonyl (C=O) groups is 1. The Bertz CT molecular complexity index is 1250. The molecule has 0 radical (unpaired) electrons. The summed E-state index contributed by atoms with van der Waals surface area (Å²) in [6, 6.07) is 16.8. The average Bonchev–Trinajstić information content (AvgIpc) is 3.43. The molecule has 4 aromatic rings. The van der Waals surface area contributed by atoms with E-state index >= 15 is 0 Å². The molecule has 0 saturated carbocycles. The SMILES string of the molecule is CC(COc1ccccc1)=NNC(=O)c1nnn(-c2nonc2N)c1-c1ccc(C)cc1. The third-order valence-corrected chi connectivity index (χ3v) is 4.45. The number of aryl methyl sites for hydroxylation is 1. The largest absolute Gasteiger partial charge is 0.488 e. The van der Waals surface area contributed by atoms with E-state index in [0.29, 0.717) is 22.7 Å². The number of nitrogens with two attached hydrogens (primary N) is 1. The van der Waals surface area contributed by atoms with E-state index in [2.05, 4.69) is 35.8 Å². The van der Waals surface area contributed by atoms with Gasteiger partial charge < -0.3 is 10.5 Å². The number of nitrogens with one attached hydrogen (secondary N) is 1. The average molecular weight is 432 g/mol. The molecule has 11 nitrogen and oxygen atoms in total. The molecule has 1 amide bonds. The Kier molecular flexibility index (Phi) is 5.88. The molecule has 0 saturated heterocycles. The molecule has 2 heterocycles. The lowest BCUT2D eigenvalue weighted by molar-refractivity contribution is 0.0950. The van der Waals surface area contributed by atoms with E-state index < -0.39 is 5.91 Å². The van der Waals surface area contributed by atoms with Crippen LogP contribution in [0.1, 0.15) is 23.0 Å². The molecule has 32 heavy (non-hydrogen) atoms. The predicted molar refractivity (Wildman–Crippen MR) is 116 cm³/mol. The van der Waals surface area contributed by atoms with Crippen LogP contribution in [0.4, 0.5) is 5.82 Å². The Hall–Kier alpha value is -4.54. The molecule has 0 fully saturated rings. The Labute approximate surface area is 182 Å². The Balaban J connectivity index is 1.58. The highest BCUT2D eigenvalue weighted by molar-refractivity contribution is 5.99. The first kappa shape index (κ1) is 20.7. The zero-order valence-electron chi connectivity index (χ0n) is 17.4. The number of aromatic nitrogens is 5. The van der Waals surface area contributed by atoms with Crippen LogP contribution in [0.3, 0.4) is 0 Å². The molecule has 4 rings (SSSR count). The second-order valence-corrected chi connectivity index (χ2v) is 6.93. The van der Waals surface area contributed by atoms with E-state index in [1.807, 2.05) is 61.5 Å². The number of hydrogen-bond donors (Lipinski definition) is 2. The number of rotatable bonds is 7. The van der Waals surface area contributed by atoms with Gasteiger partial charge in [-0.15, -0.1) is 5.10 Å². The van der Waals surface area contributed by atoms with Crippen molar-refractivity contribution in [3.05, 3.63) is 65.9 Å². The number of nitrogens with zero attached hydrogens (tertiary/aromatic N) is 6. The maximum absolute atomic E-state index is 12.9. The number of amides is 1. The fraction of sp³-hybridized carbons (Fsp3) is 0.143. The molecule has 11 heteroatoms. The Morgan fingerprint density at radius 2 is 1.91 bits per heavy atom. The molecule has 0 aliphatic heterocycles. The van der Waals surface area contributed by atoms with E-state index in [1.165, 1.54) is 4.68 Å². The van der Waals surface area contributed by atoms with Crippen LogP contribution < -0.4 is 15.9 Å². The van der Waals surface area contributed by atoms with Gasteiger partial charge >= 0.3 is 0 Å². The lowest BCUT2D eigenvalue weighted by atomic mass is 10.1. The minimum atomic E-state index is -0.555. The van der Waals surface area contributed by atoms with E-state index in [4.69, 9.17) is 10.5 Å². The summed E-state index contributed by atoms with van der Waals surface area (Å²) in [5.74, 6) is 0.294. The van der Waals surface area contributed by atoms with Crippen molar-refractivity contribution in [2.45, 2.75) is 13.8 Å². The molecule has 0 bridgehead atoms. The van der Waals surface area contributed by atoms with Crippen LogP contribution in [0.15, 0.2) is 64.3 Å². The summed E-state index contributed by atoms with van der Waals surface area (Å²) in [7, 11) is 0. The molecule has 2 aromatic carbocycles. The van der Waals surface area contributed by atoms with Crippen molar-refractivity contribution in [1.82, 2.24) is 30.7 Å².